The number of amidine groups is 1. The number of fused-ring (bicyclic) bond motifs is 3. The van der Waals surface area contributed by atoms with Crippen LogP contribution in [0.5, 0.6) is 0 Å². The van der Waals surface area contributed by atoms with Gasteiger partial charge in [0.15, 0.2) is 0 Å². The van der Waals surface area contributed by atoms with Crippen LogP contribution in [0, 0.1) is 0 Å². The summed E-state index contributed by atoms with van der Waals surface area (Å²) in [6, 6.07) is 8.53. The van der Waals surface area contributed by atoms with Crippen LogP contribution in [0.25, 0.3) is 21.0 Å². The molecule has 4 rings (SSSR count). The number of anilines is 1. The van der Waals surface area contributed by atoms with Crippen molar-refractivity contribution < 1.29 is 0 Å². The Balaban J connectivity index is 1.82. The predicted molar refractivity (Wildman–Crippen MR) is 102 cm³/mol. The molecule has 6 N–H and O–H groups in total. The van der Waals surface area contributed by atoms with Gasteiger partial charge in [-0.15, -0.1) is 11.3 Å². The average molecular weight is 340 g/mol. The van der Waals surface area contributed by atoms with Crippen molar-refractivity contribution in [3.8, 4) is 0 Å². The molecule has 24 heavy (non-hydrogen) atoms. The first-order chi connectivity index (χ1) is 11.8. The first-order valence-electron chi connectivity index (χ1n) is 8.08. The molecule has 6 nitrogen and oxygen atoms in total. The summed E-state index contributed by atoms with van der Waals surface area (Å²) in [5, 5.41) is 15.0. The fourth-order valence-corrected chi connectivity index (χ4v) is 4.14. The summed E-state index contributed by atoms with van der Waals surface area (Å²) in [5.74, 6) is 6.57. The van der Waals surface area contributed by atoms with Crippen molar-refractivity contribution in [2.75, 3.05) is 18.4 Å². The zero-order valence-electron chi connectivity index (χ0n) is 13.2. The molecule has 1 aliphatic heterocycles. The molecule has 7 heteroatoms. The monoisotopic (exact) mass is 340 g/mol. The van der Waals surface area contributed by atoms with Gasteiger partial charge >= 0.3 is 0 Å². The fourth-order valence-electron chi connectivity index (χ4n) is 3.20. The van der Waals surface area contributed by atoms with Gasteiger partial charge in [0.2, 0.25) is 0 Å². The second kappa shape index (κ2) is 6.26. The molecule has 0 aliphatic carbocycles. The van der Waals surface area contributed by atoms with Crippen LogP contribution in [-0.4, -0.2) is 30.0 Å². The molecule has 1 aromatic carbocycles. The van der Waals surface area contributed by atoms with Crippen LogP contribution in [0.15, 0.2) is 34.7 Å². The van der Waals surface area contributed by atoms with Crippen LogP contribution in [0.3, 0.4) is 0 Å². The van der Waals surface area contributed by atoms with E-state index >= 15 is 0 Å². The molecule has 124 valence electrons. The van der Waals surface area contributed by atoms with E-state index in [4.69, 9.17) is 16.6 Å². The lowest BCUT2D eigenvalue weighted by molar-refractivity contribution is 0.478. The zero-order valence-corrected chi connectivity index (χ0v) is 14.1. The normalized spacial score (nSPS) is 16.8. The first kappa shape index (κ1) is 15.2. The van der Waals surface area contributed by atoms with E-state index in [9.17, 15) is 0 Å². The Bertz CT molecular complexity index is 910. The predicted octanol–water partition coefficient (Wildman–Crippen LogP) is 2.19. The van der Waals surface area contributed by atoms with Gasteiger partial charge in [0.1, 0.15) is 11.7 Å². The molecule has 0 unspecified atom stereocenters. The lowest BCUT2D eigenvalue weighted by Crippen LogP contribution is -2.35. The number of piperidine rings is 1. The highest BCUT2D eigenvalue weighted by Crippen LogP contribution is 2.34. The second-order valence-electron chi connectivity index (χ2n) is 6.04. The molecule has 3 aromatic rings. The number of hydrogen-bond donors (Lipinski definition) is 4. The lowest BCUT2D eigenvalue weighted by Gasteiger charge is -2.24. The molecule has 0 radical (unpaired) electrons. The van der Waals surface area contributed by atoms with Crippen LogP contribution in [0.1, 0.15) is 18.4 Å². The molecule has 1 saturated heterocycles. The Labute approximate surface area is 143 Å². The van der Waals surface area contributed by atoms with E-state index in [-0.39, 0.29) is 0 Å². The van der Waals surface area contributed by atoms with Crippen LogP contribution in [-0.2, 0) is 0 Å². The average Bonchev–Trinajstić information content (AvgIpc) is 3.12. The number of hydrazone groups is 1. The van der Waals surface area contributed by atoms with Crippen molar-refractivity contribution in [1.29, 1.82) is 0 Å². The highest BCUT2D eigenvalue weighted by Gasteiger charge is 2.16. The number of pyridine rings is 1. The minimum absolute atomic E-state index is 0.317. The molecule has 0 spiro atoms. The van der Waals surface area contributed by atoms with E-state index in [1.54, 1.807) is 11.3 Å². The molecule has 1 fully saturated rings. The lowest BCUT2D eigenvalue weighted by atomic mass is 10.1. The summed E-state index contributed by atoms with van der Waals surface area (Å²) in [6.07, 6.45) is 2.22. The Morgan fingerprint density at radius 3 is 2.88 bits per heavy atom. The molecule has 0 bridgehead atoms. The molecule has 0 amide bonds. The SMILES string of the molecule is N/N=C(\N)c1ccc2c(c1)nc(NC1CCNCC1)c1ccsc12. The van der Waals surface area contributed by atoms with Crippen LogP contribution in [0.2, 0.25) is 0 Å². The molecule has 0 atom stereocenters. The number of nitrogens with one attached hydrogen (secondary N) is 2. The Hall–Kier alpha value is -2.38. The Kier molecular flexibility index (Phi) is 3.95. The maximum Gasteiger partial charge on any atom is 0.150 e. The highest BCUT2D eigenvalue weighted by atomic mass is 32.1. The topological polar surface area (TPSA) is 101 Å². The van der Waals surface area contributed by atoms with Gasteiger partial charge in [-0.25, -0.2) is 4.98 Å². The van der Waals surface area contributed by atoms with Crippen molar-refractivity contribution in [2.24, 2.45) is 16.7 Å². The summed E-state index contributed by atoms with van der Waals surface area (Å²) in [4.78, 5) is 4.87. The van der Waals surface area contributed by atoms with Gasteiger partial charge in [-0.05, 0) is 43.4 Å². The number of thiophene rings is 1. The summed E-state index contributed by atoms with van der Waals surface area (Å²) in [5.41, 5.74) is 7.54. The van der Waals surface area contributed by atoms with Crippen molar-refractivity contribution in [3.05, 3.63) is 35.2 Å². The zero-order chi connectivity index (χ0) is 16.5. The van der Waals surface area contributed by atoms with Crippen molar-refractivity contribution in [1.82, 2.24) is 10.3 Å². The van der Waals surface area contributed by atoms with E-state index in [2.05, 4.69) is 27.2 Å². The van der Waals surface area contributed by atoms with E-state index in [0.717, 1.165) is 48.2 Å². The van der Waals surface area contributed by atoms with E-state index in [0.29, 0.717) is 11.9 Å². The summed E-state index contributed by atoms with van der Waals surface area (Å²) in [7, 11) is 0. The van der Waals surface area contributed by atoms with Crippen molar-refractivity contribution >= 4 is 44.0 Å². The number of nitrogens with two attached hydrogens (primary N) is 2. The van der Waals surface area contributed by atoms with Gasteiger partial charge in [0, 0.05) is 27.1 Å². The smallest absolute Gasteiger partial charge is 0.150 e. The number of hydrogen-bond acceptors (Lipinski definition) is 6. The molecule has 0 saturated carbocycles. The summed E-state index contributed by atoms with van der Waals surface area (Å²) >= 11 is 1.73. The van der Waals surface area contributed by atoms with Crippen LogP contribution >= 0.6 is 11.3 Å². The number of aromatic nitrogens is 1. The highest BCUT2D eigenvalue weighted by molar-refractivity contribution is 7.18. The maximum atomic E-state index is 5.84. The number of nitrogens with zero attached hydrogens (tertiary/aromatic N) is 2. The maximum absolute atomic E-state index is 5.84. The standard InChI is InChI=1S/C17H20N6S/c18-16(23-19)10-1-2-12-14(9-10)22-17(13-5-8-24-15(12)13)21-11-3-6-20-7-4-11/h1-2,5,8-9,11,20H,3-4,6-7,19H2,(H2,18,23)(H,21,22). The van der Waals surface area contributed by atoms with Crippen molar-refractivity contribution in [2.45, 2.75) is 18.9 Å². The van der Waals surface area contributed by atoms with Crippen LogP contribution in [0.4, 0.5) is 5.82 Å². The van der Waals surface area contributed by atoms with Gasteiger partial charge in [0.25, 0.3) is 0 Å². The third kappa shape index (κ3) is 2.65. The van der Waals surface area contributed by atoms with Gasteiger partial charge in [-0.1, -0.05) is 12.1 Å². The van der Waals surface area contributed by atoms with Gasteiger partial charge in [0.05, 0.1) is 5.52 Å². The summed E-state index contributed by atoms with van der Waals surface area (Å²) in [6.45, 7) is 2.09. The van der Waals surface area contributed by atoms with Crippen LogP contribution < -0.4 is 22.2 Å². The summed E-state index contributed by atoms with van der Waals surface area (Å²) < 4.78 is 1.24. The molecule has 1 aliphatic rings. The Morgan fingerprint density at radius 2 is 2.08 bits per heavy atom. The third-order valence-electron chi connectivity index (χ3n) is 4.51. The fraction of sp³-hybridized carbons (Fsp3) is 0.294. The minimum atomic E-state index is 0.317. The van der Waals surface area contributed by atoms with E-state index in [1.165, 1.54) is 10.1 Å². The Morgan fingerprint density at radius 1 is 1.25 bits per heavy atom. The van der Waals surface area contributed by atoms with Gasteiger partial charge in [-0.3, -0.25) is 0 Å². The number of benzene rings is 1. The molecule has 2 aromatic heterocycles. The molecule has 3 heterocycles. The molecular formula is C17H20N6S. The largest absolute Gasteiger partial charge is 0.382 e. The van der Waals surface area contributed by atoms with E-state index in [1.807, 2.05) is 18.2 Å². The quantitative estimate of drug-likeness (QED) is 0.253. The first-order valence-corrected chi connectivity index (χ1v) is 8.96. The van der Waals surface area contributed by atoms with Gasteiger partial charge in [-0.2, -0.15) is 5.10 Å². The molecular weight excluding hydrogens is 320 g/mol. The van der Waals surface area contributed by atoms with Crippen molar-refractivity contribution in [3.63, 3.8) is 0 Å². The number of rotatable bonds is 3. The second-order valence-corrected chi connectivity index (χ2v) is 6.95. The third-order valence-corrected chi connectivity index (χ3v) is 5.46. The van der Waals surface area contributed by atoms with E-state index < -0.39 is 0 Å². The minimum Gasteiger partial charge on any atom is -0.382 e. The van der Waals surface area contributed by atoms with Gasteiger partial charge < -0.3 is 22.2 Å².